The largest absolute Gasteiger partial charge is 0.493 e. The summed E-state index contributed by atoms with van der Waals surface area (Å²) in [5.41, 5.74) is 5.49. The van der Waals surface area contributed by atoms with Gasteiger partial charge in [-0.15, -0.1) is 0 Å². The molecule has 0 aliphatic rings. The van der Waals surface area contributed by atoms with E-state index in [1.807, 2.05) is 19.1 Å². The van der Waals surface area contributed by atoms with E-state index in [4.69, 9.17) is 14.6 Å². The van der Waals surface area contributed by atoms with Crippen molar-refractivity contribution in [2.45, 2.75) is 34.1 Å². The molecule has 0 spiro atoms. The van der Waals surface area contributed by atoms with Crippen molar-refractivity contribution in [1.29, 1.82) is 0 Å². The van der Waals surface area contributed by atoms with Crippen LogP contribution in [0.15, 0.2) is 30.3 Å². The first kappa shape index (κ1) is 17.9. The number of aryl methyl sites for hydroxylation is 3. The smallest absolute Gasteiger partial charge is 0.341 e. The van der Waals surface area contributed by atoms with E-state index in [0.717, 1.165) is 46.6 Å². The molecule has 2 aromatic rings. The Hall–Kier alpha value is -2.49. The van der Waals surface area contributed by atoms with Crippen LogP contribution in [0.1, 0.15) is 30.0 Å². The Morgan fingerprint density at radius 1 is 1.00 bits per heavy atom. The summed E-state index contributed by atoms with van der Waals surface area (Å²) in [6.07, 6.45) is 0.984. The van der Waals surface area contributed by atoms with Crippen molar-refractivity contribution in [3.8, 4) is 22.6 Å². The Balaban J connectivity index is 2.29. The molecule has 0 aliphatic carbocycles. The van der Waals surface area contributed by atoms with Crippen molar-refractivity contribution in [2.24, 2.45) is 0 Å². The van der Waals surface area contributed by atoms with Crippen LogP contribution in [0.5, 0.6) is 11.5 Å². The molecule has 2 rings (SSSR count). The molecule has 24 heavy (non-hydrogen) atoms. The lowest BCUT2D eigenvalue weighted by Crippen LogP contribution is -2.09. The van der Waals surface area contributed by atoms with Crippen LogP contribution in [0.4, 0.5) is 0 Å². The Bertz CT molecular complexity index is 711. The number of aliphatic carboxylic acids is 1. The van der Waals surface area contributed by atoms with Gasteiger partial charge >= 0.3 is 5.97 Å². The summed E-state index contributed by atoms with van der Waals surface area (Å²) in [5.74, 6) is 0.542. The number of carbonyl (C=O) groups is 1. The fraction of sp³-hybridized carbons (Fsp3) is 0.350. The molecular weight excluding hydrogens is 304 g/mol. The molecule has 0 radical (unpaired) electrons. The molecule has 0 atom stereocenters. The second kappa shape index (κ2) is 7.86. The number of hydrogen-bond acceptors (Lipinski definition) is 3. The van der Waals surface area contributed by atoms with Gasteiger partial charge in [0.2, 0.25) is 0 Å². The predicted molar refractivity (Wildman–Crippen MR) is 95.0 cm³/mol. The fourth-order valence-corrected chi connectivity index (χ4v) is 2.73. The topological polar surface area (TPSA) is 55.8 Å². The minimum atomic E-state index is -0.981. The highest BCUT2D eigenvalue weighted by atomic mass is 16.5. The maximum Gasteiger partial charge on any atom is 0.341 e. The van der Waals surface area contributed by atoms with Gasteiger partial charge in [0.25, 0.3) is 0 Å². The van der Waals surface area contributed by atoms with Gasteiger partial charge in [-0.2, -0.15) is 0 Å². The summed E-state index contributed by atoms with van der Waals surface area (Å²) in [6.45, 7) is 8.59. The number of ether oxygens (including phenoxy) is 2. The van der Waals surface area contributed by atoms with Crippen LogP contribution in [0, 0.1) is 20.8 Å². The monoisotopic (exact) mass is 328 g/mol. The van der Waals surface area contributed by atoms with Gasteiger partial charge in [-0.25, -0.2) is 4.79 Å². The minimum Gasteiger partial charge on any atom is -0.493 e. The Labute approximate surface area is 143 Å². The second-order valence-corrected chi connectivity index (χ2v) is 5.95. The van der Waals surface area contributed by atoms with Crippen LogP contribution in [-0.2, 0) is 4.79 Å². The molecule has 128 valence electrons. The van der Waals surface area contributed by atoms with Gasteiger partial charge in [-0.05, 0) is 79.3 Å². The number of benzene rings is 2. The van der Waals surface area contributed by atoms with Crippen LogP contribution < -0.4 is 9.47 Å². The molecule has 0 saturated heterocycles. The van der Waals surface area contributed by atoms with Gasteiger partial charge in [-0.3, -0.25) is 0 Å². The van der Waals surface area contributed by atoms with Crippen LogP contribution in [-0.4, -0.2) is 24.3 Å². The average Bonchev–Trinajstić information content (AvgIpc) is 2.52. The molecule has 1 N–H and O–H groups in total. The molecule has 0 aromatic heterocycles. The Morgan fingerprint density at radius 2 is 1.67 bits per heavy atom. The number of carboxylic acid groups (broad SMARTS) is 1. The Morgan fingerprint density at radius 3 is 2.21 bits per heavy atom. The van der Waals surface area contributed by atoms with E-state index in [1.165, 1.54) is 0 Å². The summed E-state index contributed by atoms with van der Waals surface area (Å²) in [5, 5.41) is 8.69. The third-order valence-electron chi connectivity index (χ3n) is 3.78. The van der Waals surface area contributed by atoms with Gasteiger partial charge in [0.05, 0.1) is 6.61 Å². The van der Waals surface area contributed by atoms with Gasteiger partial charge in [0, 0.05) is 0 Å². The first-order valence-corrected chi connectivity index (χ1v) is 8.12. The molecule has 4 heteroatoms. The molecule has 0 unspecified atom stereocenters. The predicted octanol–water partition coefficient (Wildman–Crippen LogP) is 4.53. The standard InChI is InChI=1S/C20H24O4/c1-5-8-23-20-14(3)9-16(10-15(20)4)18-7-6-17(11-13(18)2)24-12-19(21)22/h6-7,9-11H,5,8,12H2,1-4H3,(H,21,22). The fourth-order valence-electron chi connectivity index (χ4n) is 2.73. The van der Waals surface area contributed by atoms with Crippen molar-refractivity contribution in [1.82, 2.24) is 0 Å². The normalized spacial score (nSPS) is 10.5. The average molecular weight is 328 g/mol. The highest BCUT2D eigenvalue weighted by Crippen LogP contribution is 2.33. The lowest BCUT2D eigenvalue weighted by molar-refractivity contribution is -0.139. The van der Waals surface area contributed by atoms with E-state index < -0.39 is 5.97 Å². The maximum absolute atomic E-state index is 10.6. The maximum atomic E-state index is 10.6. The third kappa shape index (κ3) is 4.28. The summed E-state index contributed by atoms with van der Waals surface area (Å²) < 4.78 is 11.1. The molecule has 0 fully saturated rings. The second-order valence-electron chi connectivity index (χ2n) is 5.95. The van der Waals surface area contributed by atoms with Crippen molar-refractivity contribution < 1.29 is 19.4 Å². The van der Waals surface area contributed by atoms with Crippen LogP contribution >= 0.6 is 0 Å². The lowest BCUT2D eigenvalue weighted by Gasteiger charge is -2.15. The summed E-state index contributed by atoms with van der Waals surface area (Å²) in [4.78, 5) is 10.6. The van der Waals surface area contributed by atoms with Crippen molar-refractivity contribution in [3.05, 3.63) is 47.0 Å². The first-order chi connectivity index (χ1) is 11.4. The van der Waals surface area contributed by atoms with E-state index in [1.54, 1.807) is 6.07 Å². The van der Waals surface area contributed by atoms with Crippen LogP contribution in [0.25, 0.3) is 11.1 Å². The SMILES string of the molecule is CCCOc1c(C)cc(-c2ccc(OCC(=O)O)cc2C)cc1C. The molecule has 0 aliphatic heterocycles. The van der Waals surface area contributed by atoms with Crippen LogP contribution in [0.3, 0.4) is 0 Å². The summed E-state index contributed by atoms with van der Waals surface area (Å²) >= 11 is 0. The summed E-state index contributed by atoms with van der Waals surface area (Å²) in [7, 11) is 0. The van der Waals surface area contributed by atoms with E-state index in [0.29, 0.717) is 5.75 Å². The Kier molecular flexibility index (Phi) is 5.85. The zero-order valence-corrected chi connectivity index (χ0v) is 14.7. The van der Waals surface area contributed by atoms with Crippen LogP contribution in [0.2, 0.25) is 0 Å². The minimum absolute atomic E-state index is 0.333. The van der Waals surface area contributed by atoms with Gasteiger partial charge in [0.15, 0.2) is 6.61 Å². The molecule has 0 saturated carbocycles. The first-order valence-electron chi connectivity index (χ1n) is 8.12. The summed E-state index contributed by atoms with van der Waals surface area (Å²) in [6, 6.07) is 9.88. The van der Waals surface area contributed by atoms with Gasteiger partial charge in [-0.1, -0.05) is 13.0 Å². The quantitative estimate of drug-likeness (QED) is 0.811. The lowest BCUT2D eigenvalue weighted by atomic mass is 9.96. The molecule has 0 amide bonds. The van der Waals surface area contributed by atoms with Crippen molar-refractivity contribution in [3.63, 3.8) is 0 Å². The molecule has 2 aromatic carbocycles. The van der Waals surface area contributed by atoms with E-state index in [9.17, 15) is 4.79 Å². The molecule has 0 heterocycles. The highest BCUT2D eigenvalue weighted by Gasteiger charge is 2.10. The van der Waals surface area contributed by atoms with E-state index in [-0.39, 0.29) is 6.61 Å². The van der Waals surface area contributed by atoms with Crippen molar-refractivity contribution >= 4 is 5.97 Å². The molecular formula is C20H24O4. The molecule has 0 bridgehead atoms. The number of carboxylic acids is 1. The van der Waals surface area contributed by atoms with Gasteiger partial charge < -0.3 is 14.6 Å². The highest BCUT2D eigenvalue weighted by molar-refractivity contribution is 5.71. The molecule has 4 nitrogen and oxygen atoms in total. The van der Waals surface area contributed by atoms with Crippen molar-refractivity contribution in [2.75, 3.05) is 13.2 Å². The third-order valence-corrected chi connectivity index (χ3v) is 3.78. The van der Waals surface area contributed by atoms with E-state index >= 15 is 0 Å². The zero-order valence-electron chi connectivity index (χ0n) is 14.7. The number of hydrogen-bond donors (Lipinski definition) is 1. The zero-order chi connectivity index (χ0) is 17.7. The van der Waals surface area contributed by atoms with E-state index in [2.05, 4.69) is 32.9 Å². The van der Waals surface area contributed by atoms with Gasteiger partial charge in [0.1, 0.15) is 11.5 Å². The number of rotatable bonds is 7.